The van der Waals surface area contributed by atoms with Gasteiger partial charge in [0.1, 0.15) is 0 Å². The average molecular weight is 319 g/mol. The number of halogens is 7. The summed E-state index contributed by atoms with van der Waals surface area (Å²) in [6.07, 6.45) is 0. The molecule has 0 saturated carbocycles. The molecule has 8 heavy (non-hydrogen) atoms. The van der Waals surface area contributed by atoms with E-state index in [1.807, 2.05) is 0 Å². The maximum Gasteiger partial charge on any atom is 0 e. The van der Waals surface area contributed by atoms with Gasteiger partial charge in [-0.2, -0.15) is 0 Å². The quantitative estimate of drug-likeness (QED) is 0.389. The fourth-order valence-corrected chi connectivity index (χ4v) is 0. The first-order valence-corrected chi connectivity index (χ1v) is 0. The van der Waals surface area contributed by atoms with Crippen LogP contribution in [0.2, 0.25) is 0 Å². The predicted octanol–water partition coefficient (Wildman–Crippen LogP) is -21.0. The third-order valence-corrected chi connectivity index (χ3v) is 0. The van der Waals surface area contributed by atoms with Gasteiger partial charge >= 0.3 is 0 Å². The molecule has 0 aromatic rings. The van der Waals surface area contributed by atoms with Gasteiger partial charge in [0.05, 0.1) is 0 Å². The van der Waals surface area contributed by atoms with E-state index in [1.54, 1.807) is 0 Å². The van der Waals surface area contributed by atoms with Gasteiger partial charge in [-0.3, -0.25) is 0 Å². The van der Waals surface area contributed by atoms with Gasteiger partial charge < -0.3 is 32.9 Å². The Balaban J connectivity index is 0. The normalized spacial score (nSPS) is 0. The molecular weight excluding hydrogens is 319 g/mol. The summed E-state index contributed by atoms with van der Waals surface area (Å²) in [5.74, 6) is 0. The predicted molar refractivity (Wildman–Crippen MR) is 0 cm³/mol. The van der Waals surface area contributed by atoms with Crippen molar-refractivity contribution in [2.24, 2.45) is 0 Å². The summed E-state index contributed by atoms with van der Waals surface area (Å²) in [5.41, 5.74) is 0. The molecule has 0 saturated heterocycles. The van der Waals surface area contributed by atoms with Crippen molar-refractivity contribution >= 4 is 0 Å². The van der Waals surface area contributed by atoms with Crippen LogP contribution in [0.25, 0.3) is 0 Å². The molecule has 0 fully saturated rings. The number of hydrogen-bond acceptors (Lipinski definition) is 0. The SMILES string of the molecule is [F-].[F-].[F-].[F-].[F-].[F-].[F-].[Re]. The second kappa shape index (κ2) is 9200. The summed E-state index contributed by atoms with van der Waals surface area (Å²) in [6.45, 7) is 0. The van der Waals surface area contributed by atoms with Crippen molar-refractivity contribution in [1.82, 2.24) is 0 Å². The molecule has 0 rings (SSSR count). The molecule has 0 aliphatic heterocycles. The first-order chi connectivity index (χ1) is 0. The molecule has 1 radical (unpaired) electrons. The molecule has 0 N–H and O–H groups in total. The third-order valence-electron chi connectivity index (χ3n) is 0. The molecule has 0 amide bonds. The van der Waals surface area contributed by atoms with Crippen LogP contribution in [0.3, 0.4) is 0 Å². The maximum absolute atomic E-state index is 0. The number of hydrogen-bond donors (Lipinski definition) is 0. The molecule has 0 atom stereocenters. The molecule has 0 bridgehead atoms. The summed E-state index contributed by atoms with van der Waals surface area (Å²) in [4.78, 5) is 0. The molecule has 0 aromatic carbocycles. The molecule has 63 valence electrons. The van der Waals surface area contributed by atoms with E-state index in [0.717, 1.165) is 0 Å². The van der Waals surface area contributed by atoms with E-state index < -0.39 is 0 Å². The van der Waals surface area contributed by atoms with Gasteiger partial charge in [0.2, 0.25) is 0 Å². The van der Waals surface area contributed by atoms with Crippen LogP contribution in [-0.2, 0) is 20.4 Å². The Hall–Kier alpha value is 0.172. The molecular formula is F7Re-7. The Labute approximate surface area is 54.2 Å². The van der Waals surface area contributed by atoms with E-state index in [9.17, 15) is 0 Å². The molecule has 0 nitrogen and oxygen atoms in total. The second-order valence-corrected chi connectivity index (χ2v) is 0. The minimum Gasteiger partial charge on any atom is -1.00 e. The molecule has 0 aromatic heterocycles. The van der Waals surface area contributed by atoms with Gasteiger partial charge in [-0.1, -0.05) is 0 Å². The first-order valence-electron chi connectivity index (χ1n) is 0. The van der Waals surface area contributed by atoms with Gasteiger partial charge in [-0.25, -0.2) is 0 Å². The summed E-state index contributed by atoms with van der Waals surface area (Å²) in [7, 11) is 0. The van der Waals surface area contributed by atoms with Crippen LogP contribution in [0.15, 0.2) is 0 Å². The van der Waals surface area contributed by atoms with Crippen LogP contribution >= 0.6 is 0 Å². The Kier molecular flexibility index (Phi) is 16300000. The van der Waals surface area contributed by atoms with Gasteiger partial charge in [-0.15, -0.1) is 0 Å². The van der Waals surface area contributed by atoms with E-state index >= 15 is 0 Å². The van der Waals surface area contributed by atoms with Crippen molar-refractivity contribution in [2.45, 2.75) is 0 Å². The Morgan fingerprint density at radius 2 is 0.250 bits per heavy atom. The topological polar surface area (TPSA) is 0 Å². The van der Waals surface area contributed by atoms with Crippen molar-refractivity contribution in [3.05, 3.63) is 0 Å². The van der Waals surface area contributed by atoms with Crippen LogP contribution in [0.5, 0.6) is 0 Å². The van der Waals surface area contributed by atoms with Crippen LogP contribution in [0.1, 0.15) is 0 Å². The zero-order chi connectivity index (χ0) is 0. The van der Waals surface area contributed by atoms with E-state index in [1.165, 1.54) is 0 Å². The zero-order valence-electron chi connectivity index (χ0n) is 3.02. The zero-order valence-corrected chi connectivity index (χ0v) is 5.74. The first kappa shape index (κ1) is 14200. The molecule has 0 aliphatic rings. The van der Waals surface area contributed by atoms with Crippen molar-refractivity contribution in [3.63, 3.8) is 0 Å². The summed E-state index contributed by atoms with van der Waals surface area (Å²) in [5, 5.41) is 0. The fraction of sp³-hybridized carbons (Fsp3) is 0. The Morgan fingerprint density at radius 1 is 0.250 bits per heavy atom. The van der Waals surface area contributed by atoms with Gasteiger partial charge in [0.25, 0.3) is 0 Å². The molecule has 0 unspecified atom stereocenters. The Morgan fingerprint density at radius 3 is 0.250 bits per heavy atom. The summed E-state index contributed by atoms with van der Waals surface area (Å²) >= 11 is 0. The van der Waals surface area contributed by atoms with Crippen molar-refractivity contribution in [2.75, 3.05) is 0 Å². The van der Waals surface area contributed by atoms with E-state index in [-0.39, 0.29) is 53.4 Å². The van der Waals surface area contributed by atoms with Crippen molar-refractivity contribution in [3.8, 4) is 0 Å². The summed E-state index contributed by atoms with van der Waals surface area (Å²) in [6, 6.07) is 0. The van der Waals surface area contributed by atoms with Gasteiger partial charge in [0, 0.05) is 20.4 Å². The van der Waals surface area contributed by atoms with Gasteiger partial charge in [0.15, 0.2) is 0 Å². The second-order valence-electron chi connectivity index (χ2n) is 0. The average Bonchev–Trinajstić information content (AvgIpc) is 0. The minimum atomic E-state index is 0. The van der Waals surface area contributed by atoms with E-state index in [0.29, 0.717) is 0 Å². The molecule has 0 aliphatic carbocycles. The van der Waals surface area contributed by atoms with Crippen LogP contribution < -0.4 is 32.9 Å². The molecule has 0 heterocycles. The summed E-state index contributed by atoms with van der Waals surface area (Å²) < 4.78 is 0. The van der Waals surface area contributed by atoms with Crippen molar-refractivity contribution < 1.29 is 53.4 Å². The number of rotatable bonds is 0. The molecule has 8 heteroatoms. The standard InChI is InChI=1S/7FH.Re/h7*1H;/p-7. The smallest absolute Gasteiger partial charge is 0 e. The van der Waals surface area contributed by atoms with Crippen LogP contribution in [-0.4, -0.2) is 0 Å². The Bertz CT molecular complexity index is 4.35. The third kappa shape index (κ3) is 5560. The monoisotopic (exact) mass is 320 g/mol. The van der Waals surface area contributed by atoms with E-state index in [4.69, 9.17) is 0 Å². The molecule has 0 spiro atoms. The van der Waals surface area contributed by atoms with Gasteiger partial charge in [-0.05, 0) is 0 Å². The maximum atomic E-state index is 0. The fourth-order valence-electron chi connectivity index (χ4n) is 0. The minimum absolute atomic E-state index is 0. The largest absolute Gasteiger partial charge is 1.00 e. The van der Waals surface area contributed by atoms with E-state index in [2.05, 4.69) is 0 Å². The van der Waals surface area contributed by atoms with Crippen molar-refractivity contribution in [1.29, 1.82) is 0 Å². The van der Waals surface area contributed by atoms with Crippen LogP contribution in [0, 0.1) is 0 Å². The van der Waals surface area contributed by atoms with Crippen LogP contribution in [0.4, 0.5) is 0 Å².